The van der Waals surface area contributed by atoms with Gasteiger partial charge >= 0.3 is 0 Å². The predicted molar refractivity (Wildman–Crippen MR) is 56.4 cm³/mol. The minimum absolute atomic E-state index is 0.551. The van der Waals surface area contributed by atoms with E-state index in [1.165, 1.54) is 38.5 Å². The highest BCUT2D eigenvalue weighted by molar-refractivity contribution is 7.99. The molecule has 0 N–H and O–H groups in total. The van der Waals surface area contributed by atoms with Crippen LogP contribution in [0.15, 0.2) is 0 Å². The van der Waals surface area contributed by atoms with Gasteiger partial charge in [-0.15, -0.1) is 0 Å². The minimum Gasteiger partial charge on any atom is -0.290 e. The summed E-state index contributed by atoms with van der Waals surface area (Å²) in [6.45, 7) is 2.23. The second kappa shape index (κ2) is 11.0. The van der Waals surface area contributed by atoms with Gasteiger partial charge in [0.2, 0.25) is 6.29 Å². The maximum atomic E-state index is 9.83. The van der Waals surface area contributed by atoms with Gasteiger partial charge < -0.3 is 0 Å². The molecular formula is C10H19OS. The minimum atomic E-state index is 0.551. The first-order valence-corrected chi connectivity index (χ1v) is 6.00. The number of hydrogen-bond donors (Lipinski definition) is 0. The summed E-state index contributed by atoms with van der Waals surface area (Å²) < 4.78 is 0. The van der Waals surface area contributed by atoms with Crippen LogP contribution in [0.2, 0.25) is 0 Å². The summed E-state index contributed by atoms with van der Waals surface area (Å²) in [6.07, 6.45) is 9.90. The van der Waals surface area contributed by atoms with Crippen molar-refractivity contribution in [2.24, 2.45) is 0 Å². The van der Waals surface area contributed by atoms with Crippen molar-refractivity contribution in [1.29, 1.82) is 0 Å². The molecule has 0 aromatic carbocycles. The molecule has 0 atom stereocenters. The monoisotopic (exact) mass is 187 g/mol. The van der Waals surface area contributed by atoms with Crippen LogP contribution in [0, 0.1) is 0 Å². The van der Waals surface area contributed by atoms with Gasteiger partial charge in [-0.2, -0.15) is 11.8 Å². The lowest BCUT2D eigenvalue weighted by atomic mass is 10.1. The summed E-state index contributed by atoms with van der Waals surface area (Å²) in [7, 11) is 0. The smallest absolute Gasteiger partial charge is 0.209 e. The molecule has 0 saturated carbocycles. The van der Waals surface area contributed by atoms with E-state index >= 15 is 0 Å². The first-order chi connectivity index (χ1) is 5.91. The van der Waals surface area contributed by atoms with Crippen LogP contribution in [0.4, 0.5) is 0 Å². The molecule has 0 aliphatic carbocycles. The number of unbranched alkanes of at least 4 members (excludes halogenated alkanes) is 5. The highest BCUT2D eigenvalue weighted by Gasteiger charge is 1.90. The molecule has 0 heterocycles. The van der Waals surface area contributed by atoms with Crippen LogP contribution < -0.4 is 0 Å². The van der Waals surface area contributed by atoms with Gasteiger partial charge in [-0.05, 0) is 12.2 Å². The zero-order chi connectivity index (χ0) is 9.07. The Morgan fingerprint density at radius 2 is 1.75 bits per heavy atom. The first kappa shape index (κ1) is 12.0. The van der Waals surface area contributed by atoms with Crippen molar-refractivity contribution >= 4 is 18.0 Å². The molecular weight excluding hydrogens is 168 g/mol. The molecule has 0 saturated heterocycles. The molecule has 0 aromatic heterocycles. The Labute approximate surface area is 80.3 Å². The molecule has 0 aliphatic rings. The summed E-state index contributed by atoms with van der Waals surface area (Å²) >= 11 is 1.69. The summed E-state index contributed by atoms with van der Waals surface area (Å²) in [5.41, 5.74) is 0. The van der Waals surface area contributed by atoms with Crippen LogP contribution >= 0.6 is 11.8 Å². The Morgan fingerprint density at radius 3 is 2.42 bits per heavy atom. The molecule has 0 aliphatic heterocycles. The van der Waals surface area contributed by atoms with Crippen molar-refractivity contribution in [3.8, 4) is 0 Å². The Kier molecular flexibility index (Phi) is 11.0. The molecule has 0 amide bonds. The Bertz CT molecular complexity index is 93.8. The number of carbonyl (C=O) groups excluding carboxylic acids is 1. The van der Waals surface area contributed by atoms with E-state index in [1.54, 1.807) is 11.8 Å². The summed E-state index contributed by atoms with van der Waals surface area (Å²) in [4.78, 5) is 9.83. The molecule has 1 nitrogen and oxygen atoms in total. The van der Waals surface area contributed by atoms with Crippen molar-refractivity contribution in [3.05, 3.63) is 0 Å². The average Bonchev–Trinajstić information content (AvgIpc) is 2.10. The number of rotatable bonds is 9. The quantitative estimate of drug-likeness (QED) is 0.516. The lowest BCUT2D eigenvalue weighted by molar-refractivity contribution is 0.560. The summed E-state index contributed by atoms with van der Waals surface area (Å²) in [6, 6.07) is 0. The van der Waals surface area contributed by atoms with Crippen molar-refractivity contribution in [2.45, 2.75) is 45.4 Å². The van der Waals surface area contributed by atoms with Crippen molar-refractivity contribution in [2.75, 3.05) is 11.5 Å². The largest absolute Gasteiger partial charge is 0.290 e. The van der Waals surface area contributed by atoms with Crippen LogP contribution in [0.25, 0.3) is 0 Å². The fourth-order valence-electron chi connectivity index (χ4n) is 1.10. The molecule has 0 spiro atoms. The maximum absolute atomic E-state index is 9.83. The Balaban J connectivity index is 2.77. The van der Waals surface area contributed by atoms with E-state index in [0.717, 1.165) is 5.75 Å². The van der Waals surface area contributed by atoms with E-state index in [-0.39, 0.29) is 0 Å². The molecule has 1 radical (unpaired) electrons. The topological polar surface area (TPSA) is 17.1 Å². The highest BCUT2D eigenvalue weighted by Crippen LogP contribution is 2.08. The second-order valence-electron chi connectivity index (χ2n) is 2.96. The molecule has 0 unspecified atom stereocenters. The Hall–Kier alpha value is 0.0200. The van der Waals surface area contributed by atoms with E-state index in [2.05, 4.69) is 6.92 Å². The molecule has 0 bridgehead atoms. The van der Waals surface area contributed by atoms with Crippen LogP contribution in [0.5, 0.6) is 0 Å². The number of hydrogen-bond acceptors (Lipinski definition) is 2. The van der Waals surface area contributed by atoms with Gasteiger partial charge in [-0.3, -0.25) is 4.79 Å². The van der Waals surface area contributed by atoms with Gasteiger partial charge in [-0.1, -0.05) is 39.0 Å². The second-order valence-corrected chi connectivity index (χ2v) is 4.07. The summed E-state index contributed by atoms with van der Waals surface area (Å²) in [5, 5.41) is 0. The first-order valence-electron chi connectivity index (χ1n) is 4.84. The number of thioether (sulfide) groups is 1. The van der Waals surface area contributed by atoms with Gasteiger partial charge in [0.05, 0.1) is 5.75 Å². The summed E-state index contributed by atoms with van der Waals surface area (Å²) in [5.74, 6) is 1.68. The lowest BCUT2D eigenvalue weighted by Crippen LogP contribution is -1.85. The predicted octanol–water partition coefficient (Wildman–Crippen LogP) is 3.19. The van der Waals surface area contributed by atoms with Gasteiger partial charge in [0, 0.05) is 0 Å². The van der Waals surface area contributed by atoms with E-state index in [1.807, 2.05) is 6.29 Å². The van der Waals surface area contributed by atoms with Crippen molar-refractivity contribution in [3.63, 3.8) is 0 Å². The Morgan fingerprint density at radius 1 is 1.08 bits per heavy atom. The highest BCUT2D eigenvalue weighted by atomic mass is 32.2. The normalized spacial score (nSPS) is 10.1. The molecule has 2 heteroatoms. The van der Waals surface area contributed by atoms with E-state index < -0.39 is 0 Å². The zero-order valence-electron chi connectivity index (χ0n) is 7.97. The van der Waals surface area contributed by atoms with Crippen molar-refractivity contribution in [1.82, 2.24) is 0 Å². The van der Waals surface area contributed by atoms with Crippen LogP contribution in [-0.2, 0) is 4.79 Å². The SMILES string of the molecule is CCCCCCCCSC[C]=O. The van der Waals surface area contributed by atoms with E-state index in [9.17, 15) is 4.79 Å². The van der Waals surface area contributed by atoms with Gasteiger partial charge in [0.15, 0.2) is 0 Å². The molecule has 0 rings (SSSR count). The maximum Gasteiger partial charge on any atom is 0.209 e. The molecule has 0 fully saturated rings. The van der Waals surface area contributed by atoms with Crippen molar-refractivity contribution < 1.29 is 4.79 Å². The average molecular weight is 187 g/mol. The molecule has 71 valence electrons. The van der Waals surface area contributed by atoms with E-state index in [4.69, 9.17) is 0 Å². The fraction of sp³-hybridized carbons (Fsp3) is 0.900. The lowest BCUT2D eigenvalue weighted by Gasteiger charge is -1.98. The molecule has 0 aromatic rings. The third-order valence-electron chi connectivity index (χ3n) is 1.80. The van der Waals surface area contributed by atoms with Crippen LogP contribution in [-0.4, -0.2) is 17.8 Å². The van der Waals surface area contributed by atoms with Crippen LogP contribution in [0.1, 0.15) is 45.4 Å². The zero-order valence-corrected chi connectivity index (χ0v) is 8.79. The third kappa shape index (κ3) is 10.0. The van der Waals surface area contributed by atoms with Gasteiger partial charge in [0.25, 0.3) is 0 Å². The standard InChI is InChI=1S/C10H19OS/c1-2-3-4-5-6-7-9-12-10-8-11/h2-7,9-10H2,1H3. The fourth-order valence-corrected chi connectivity index (χ4v) is 1.73. The van der Waals surface area contributed by atoms with E-state index in [0.29, 0.717) is 5.75 Å². The van der Waals surface area contributed by atoms with Gasteiger partial charge in [-0.25, -0.2) is 0 Å². The molecule has 12 heavy (non-hydrogen) atoms. The third-order valence-corrected chi connectivity index (χ3v) is 2.70. The van der Waals surface area contributed by atoms with Gasteiger partial charge in [0.1, 0.15) is 0 Å². The van der Waals surface area contributed by atoms with Crippen LogP contribution in [0.3, 0.4) is 0 Å².